The molecule has 1 rings (SSSR count). The zero-order valence-corrected chi connectivity index (χ0v) is 6.79. The first-order valence-corrected chi connectivity index (χ1v) is 3.74. The lowest BCUT2D eigenvalue weighted by atomic mass is 10.0. The van der Waals surface area contributed by atoms with E-state index in [1.54, 1.807) is 25.1 Å². The second-order valence-electron chi connectivity index (χ2n) is 2.48. The van der Waals surface area contributed by atoms with E-state index in [4.69, 9.17) is 5.26 Å². The van der Waals surface area contributed by atoms with E-state index < -0.39 is 5.67 Å². The van der Waals surface area contributed by atoms with Gasteiger partial charge in [-0.3, -0.25) is 4.98 Å². The van der Waals surface area contributed by atoms with Crippen LogP contribution in [-0.4, -0.2) is 4.98 Å². The van der Waals surface area contributed by atoms with Gasteiger partial charge < -0.3 is 0 Å². The monoisotopic (exact) mass is 164 g/mol. The summed E-state index contributed by atoms with van der Waals surface area (Å²) < 4.78 is 13.6. The number of hydrogen-bond acceptors (Lipinski definition) is 2. The molecule has 0 aliphatic rings. The Morgan fingerprint density at radius 3 is 2.83 bits per heavy atom. The Balaban J connectivity index is 3.06. The fourth-order valence-electron chi connectivity index (χ4n) is 0.915. The molecule has 1 heterocycles. The molecule has 0 aliphatic carbocycles. The molecule has 0 amide bonds. The molecule has 3 heteroatoms. The number of hydrogen-bond donors (Lipinski definition) is 0. The lowest BCUT2D eigenvalue weighted by Gasteiger charge is -2.13. The Morgan fingerprint density at radius 1 is 1.67 bits per heavy atom. The second-order valence-corrected chi connectivity index (χ2v) is 2.48. The van der Waals surface area contributed by atoms with E-state index in [9.17, 15) is 4.39 Å². The number of nitriles is 1. The maximum atomic E-state index is 13.6. The largest absolute Gasteiger partial charge is 0.257 e. The molecule has 0 saturated carbocycles. The van der Waals surface area contributed by atoms with Crippen LogP contribution in [0.3, 0.4) is 0 Å². The van der Waals surface area contributed by atoms with E-state index >= 15 is 0 Å². The van der Waals surface area contributed by atoms with E-state index in [1.165, 1.54) is 12.3 Å². The molecule has 0 radical (unpaired) electrons. The van der Waals surface area contributed by atoms with E-state index in [-0.39, 0.29) is 12.1 Å². The van der Waals surface area contributed by atoms with Crippen molar-refractivity contribution < 1.29 is 4.39 Å². The minimum absolute atomic E-state index is 0.126. The van der Waals surface area contributed by atoms with Crippen LogP contribution >= 0.6 is 0 Å². The maximum absolute atomic E-state index is 13.6. The molecule has 1 aromatic heterocycles. The average Bonchev–Trinajstić information content (AvgIpc) is 2.18. The Bertz CT molecular complexity index is 291. The standard InChI is InChI=1S/C9H9FN2/c1-2-9(10,7-11)8-5-3-4-6-12-8/h3-6H,2H2,1H3. The zero-order chi connectivity index (χ0) is 9.03. The summed E-state index contributed by atoms with van der Waals surface area (Å²) in [6.45, 7) is 1.62. The van der Waals surface area contributed by atoms with Crippen molar-refractivity contribution in [3.63, 3.8) is 0 Å². The average molecular weight is 164 g/mol. The summed E-state index contributed by atoms with van der Waals surface area (Å²) in [5.74, 6) is 0. The Kier molecular flexibility index (Phi) is 2.39. The summed E-state index contributed by atoms with van der Waals surface area (Å²) >= 11 is 0. The summed E-state index contributed by atoms with van der Waals surface area (Å²) in [5.41, 5.74) is -1.74. The predicted octanol–water partition coefficient (Wildman–Crippen LogP) is 2.18. The van der Waals surface area contributed by atoms with Gasteiger partial charge in [-0.2, -0.15) is 5.26 Å². The van der Waals surface area contributed by atoms with E-state index in [2.05, 4.69) is 4.98 Å². The summed E-state index contributed by atoms with van der Waals surface area (Å²) in [7, 11) is 0. The molecule has 1 atom stereocenters. The second kappa shape index (κ2) is 3.31. The van der Waals surface area contributed by atoms with Crippen molar-refractivity contribution >= 4 is 0 Å². The van der Waals surface area contributed by atoms with Gasteiger partial charge in [-0.05, 0) is 18.6 Å². The maximum Gasteiger partial charge on any atom is 0.237 e. The van der Waals surface area contributed by atoms with Crippen LogP contribution < -0.4 is 0 Å². The van der Waals surface area contributed by atoms with Crippen molar-refractivity contribution in [1.82, 2.24) is 4.98 Å². The van der Waals surface area contributed by atoms with Crippen molar-refractivity contribution in [2.75, 3.05) is 0 Å². The molecule has 0 saturated heterocycles. The van der Waals surface area contributed by atoms with E-state index in [0.29, 0.717) is 0 Å². The third-order valence-electron chi connectivity index (χ3n) is 1.74. The molecule has 1 unspecified atom stereocenters. The van der Waals surface area contributed by atoms with Gasteiger partial charge >= 0.3 is 0 Å². The minimum Gasteiger partial charge on any atom is -0.257 e. The molecule has 12 heavy (non-hydrogen) atoms. The lowest BCUT2D eigenvalue weighted by molar-refractivity contribution is 0.229. The molecular weight excluding hydrogens is 155 g/mol. The van der Waals surface area contributed by atoms with Crippen LogP contribution in [0.2, 0.25) is 0 Å². The van der Waals surface area contributed by atoms with Crippen LogP contribution in [0.1, 0.15) is 19.0 Å². The zero-order valence-electron chi connectivity index (χ0n) is 6.79. The molecule has 2 nitrogen and oxygen atoms in total. The van der Waals surface area contributed by atoms with Crippen molar-refractivity contribution in [1.29, 1.82) is 5.26 Å². The molecule has 1 aromatic rings. The Hall–Kier alpha value is -1.43. The van der Waals surface area contributed by atoms with Gasteiger partial charge in [-0.1, -0.05) is 13.0 Å². The third-order valence-corrected chi connectivity index (χ3v) is 1.74. The fraction of sp³-hybridized carbons (Fsp3) is 0.333. The van der Waals surface area contributed by atoms with Crippen LogP contribution in [0.5, 0.6) is 0 Å². The highest BCUT2D eigenvalue weighted by Gasteiger charge is 2.30. The summed E-state index contributed by atoms with van der Waals surface area (Å²) in [6.07, 6.45) is 1.61. The molecule has 0 aliphatic heterocycles. The molecule has 0 fully saturated rings. The molecular formula is C9H9FN2. The topological polar surface area (TPSA) is 36.7 Å². The van der Waals surface area contributed by atoms with Gasteiger partial charge in [0.25, 0.3) is 0 Å². The first kappa shape index (κ1) is 8.66. The number of rotatable bonds is 2. The van der Waals surface area contributed by atoms with Gasteiger partial charge in [0.2, 0.25) is 5.67 Å². The van der Waals surface area contributed by atoms with E-state index in [1.807, 2.05) is 0 Å². The normalized spacial score (nSPS) is 14.8. The van der Waals surface area contributed by atoms with Gasteiger partial charge in [0.15, 0.2) is 0 Å². The molecule has 0 N–H and O–H groups in total. The van der Waals surface area contributed by atoms with Crippen molar-refractivity contribution in [2.45, 2.75) is 19.0 Å². The highest BCUT2D eigenvalue weighted by atomic mass is 19.1. The number of halogens is 1. The quantitative estimate of drug-likeness (QED) is 0.671. The first-order chi connectivity index (χ1) is 5.73. The summed E-state index contributed by atoms with van der Waals surface area (Å²) in [4.78, 5) is 3.80. The number of alkyl halides is 1. The molecule has 0 aromatic carbocycles. The van der Waals surface area contributed by atoms with Crippen LogP contribution in [0.25, 0.3) is 0 Å². The van der Waals surface area contributed by atoms with Crippen LogP contribution in [-0.2, 0) is 5.67 Å². The number of nitrogens with zero attached hydrogens (tertiary/aromatic N) is 2. The highest BCUT2D eigenvalue weighted by molar-refractivity contribution is 5.20. The van der Waals surface area contributed by atoms with Crippen LogP contribution in [0.4, 0.5) is 4.39 Å². The Labute approximate surface area is 70.7 Å². The minimum atomic E-state index is -1.93. The molecule has 0 spiro atoms. The van der Waals surface area contributed by atoms with Crippen LogP contribution in [0, 0.1) is 11.3 Å². The van der Waals surface area contributed by atoms with Gasteiger partial charge in [-0.15, -0.1) is 0 Å². The summed E-state index contributed by atoms with van der Waals surface area (Å²) in [5, 5.41) is 8.57. The predicted molar refractivity (Wildman–Crippen MR) is 42.9 cm³/mol. The van der Waals surface area contributed by atoms with Crippen LogP contribution in [0.15, 0.2) is 24.4 Å². The van der Waals surface area contributed by atoms with Gasteiger partial charge in [0.05, 0.1) is 5.69 Å². The smallest absolute Gasteiger partial charge is 0.237 e. The van der Waals surface area contributed by atoms with Gasteiger partial charge in [0, 0.05) is 6.20 Å². The SMILES string of the molecule is CCC(F)(C#N)c1ccccn1. The number of aromatic nitrogens is 1. The highest BCUT2D eigenvalue weighted by Crippen LogP contribution is 2.26. The molecule has 0 bridgehead atoms. The lowest BCUT2D eigenvalue weighted by Crippen LogP contribution is -2.17. The van der Waals surface area contributed by atoms with Crippen molar-refractivity contribution in [2.24, 2.45) is 0 Å². The van der Waals surface area contributed by atoms with Gasteiger partial charge in [0.1, 0.15) is 6.07 Å². The molecule has 62 valence electrons. The van der Waals surface area contributed by atoms with Crippen molar-refractivity contribution in [3.05, 3.63) is 30.1 Å². The summed E-state index contributed by atoms with van der Waals surface area (Å²) in [6, 6.07) is 6.50. The number of pyridine rings is 1. The third kappa shape index (κ3) is 1.42. The van der Waals surface area contributed by atoms with E-state index in [0.717, 1.165) is 0 Å². The fourth-order valence-corrected chi connectivity index (χ4v) is 0.915. The van der Waals surface area contributed by atoms with Crippen molar-refractivity contribution in [3.8, 4) is 6.07 Å². The first-order valence-electron chi connectivity index (χ1n) is 3.74. The Morgan fingerprint density at radius 2 is 2.42 bits per heavy atom. The van der Waals surface area contributed by atoms with Gasteiger partial charge in [-0.25, -0.2) is 4.39 Å².